The van der Waals surface area contributed by atoms with Gasteiger partial charge in [-0.1, -0.05) is 0 Å². The fourth-order valence-corrected chi connectivity index (χ4v) is 3.02. The molecule has 0 unspecified atom stereocenters. The summed E-state index contributed by atoms with van der Waals surface area (Å²) in [5, 5.41) is 2.71. The van der Waals surface area contributed by atoms with Gasteiger partial charge in [-0.3, -0.25) is 9.59 Å². The molecule has 1 aliphatic rings. The molecule has 1 atom stereocenters. The molecule has 5 nitrogen and oxygen atoms in total. The monoisotopic (exact) mass is 392 g/mol. The van der Waals surface area contributed by atoms with E-state index in [0.717, 1.165) is 24.3 Å². The van der Waals surface area contributed by atoms with Crippen LogP contribution < -0.4 is 15.0 Å². The van der Waals surface area contributed by atoms with Gasteiger partial charge in [-0.25, -0.2) is 0 Å². The lowest BCUT2D eigenvalue weighted by molar-refractivity contribution is -0.137. The molecule has 3 rings (SSSR count). The lowest BCUT2D eigenvalue weighted by atomic mass is 10.1. The maximum atomic E-state index is 12.6. The van der Waals surface area contributed by atoms with Crippen LogP contribution in [0.15, 0.2) is 48.5 Å². The average Bonchev–Trinajstić information content (AvgIpc) is 3.02. The van der Waals surface area contributed by atoms with Crippen molar-refractivity contribution in [2.45, 2.75) is 25.6 Å². The van der Waals surface area contributed by atoms with E-state index >= 15 is 0 Å². The minimum Gasteiger partial charge on any atom is -0.494 e. The number of halogens is 3. The standard InChI is InChI=1S/C20H19F3N2O3/c1-2-28-17-9-7-16(8-10-17)25-12-15(11-18(25)26)24-19(27)13-3-5-14(6-4-13)20(21,22)23/h3-10,15H,2,11-12H2,1H3,(H,24,27)/t15-/m0/s1. The van der Waals surface area contributed by atoms with Gasteiger partial charge in [0.15, 0.2) is 0 Å². The van der Waals surface area contributed by atoms with E-state index in [1.54, 1.807) is 29.2 Å². The predicted molar refractivity (Wildman–Crippen MR) is 97.3 cm³/mol. The number of carbonyl (C=O) groups excluding carboxylic acids is 2. The van der Waals surface area contributed by atoms with Crippen molar-refractivity contribution in [3.05, 3.63) is 59.7 Å². The maximum Gasteiger partial charge on any atom is 0.416 e. The summed E-state index contributed by atoms with van der Waals surface area (Å²) >= 11 is 0. The van der Waals surface area contributed by atoms with Gasteiger partial charge in [0.2, 0.25) is 5.91 Å². The van der Waals surface area contributed by atoms with E-state index in [2.05, 4.69) is 5.32 Å². The van der Waals surface area contributed by atoms with Gasteiger partial charge < -0.3 is 15.0 Å². The Labute approximate surface area is 160 Å². The number of rotatable bonds is 5. The normalized spacial score (nSPS) is 16.9. The molecular formula is C20H19F3N2O3. The highest BCUT2D eigenvalue weighted by Crippen LogP contribution is 2.29. The Morgan fingerprint density at radius 2 is 1.79 bits per heavy atom. The summed E-state index contributed by atoms with van der Waals surface area (Å²) < 4.78 is 43.2. The number of nitrogens with one attached hydrogen (secondary N) is 1. The van der Waals surface area contributed by atoms with Crippen LogP contribution in [0.2, 0.25) is 0 Å². The SMILES string of the molecule is CCOc1ccc(N2C[C@@H](NC(=O)c3ccc(C(F)(F)F)cc3)CC2=O)cc1. The fourth-order valence-electron chi connectivity index (χ4n) is 3.02. The predicted octanol–water partition coefficient (Wildman–Crippen LogP) is 3.64. The number of hydrogen-bond donors (Lipinski definition) is 1. The van der Waals surface area contributed by atoms with Crippen LogP contribution in [0.5, 0.6) is 5.75 Å². The van der Waals surface area contributed by atoms with Crippen LogP contribution in [0.4, 0.5) is 18.9 Å². The molecule has 0 aliphatic carbocycles. The summed E-state index contributed by atoms with van der Waals surface area (Å²) in [5.74, 6) is 0.0481. The first-order valence-electron chi connectivity index (χ1n) is 8.79. The Bertz CT molecular complexity index is 848. The van der Waals surface area contributed by atoms with Crippen molar-refractivity contribution in [2.24, 2.45) is 0 Å². The van der Waals surface area contributed by atoms with Crippen molar-refractivity contribution in [1.82, 2.24) is 5.32 Å². The molecule has 2 aromatic rings. The second kappa shape index (κ2) is 7.92. The minimum atomic E-state index is -4.45. The fraction of sp³-hybridized carbons (Fsp3) is 0.300. The molecule has 2 aromatic carbocycles. The first-order valence-corrected chi connectivity index (χ1v) is 8.79. The molecule has 1 aliphatic heterocycles. The number of hydrogen-bond acceptors (Lipinski definition) is 3. The Hall–Kier alpha value is -3.03. The molecule has 2 amide bonds. The zero-order valence-electron chi connectivity index (χ0n) is 15.1. The van der Waals surface area contributed by atoms with Crippen molar-refractivity contribution in [2.75, 3.05) is 18.1 Å². The van der Waals surface area contributed by atoms with E-state index < -0.39 is 23.7 Å². The molecule has 0 spiro atoms. The summed E-state index contributed by atoms with van der Waals surface area (Å²) in [6.07, 6.45) is -4.33. The third kappa shape index (κ3) is 4.44. The minimum absolute atomic E-state index is 0.111. The molecular weight excluding hydrogens is 373 g/mol. The Morgan fingerprint density at radius 3 is 2.36 bits per heavy atom. The van der Waals surface area contributed by atoms with E-state index in [0.29, 0.717) is 24.6 Å². The highest BCUT2D eigenvalue weighted by Gasteiger charge is 2.33. The summed E-state index contributed by atoms with van der Waals surface area (Å²) in [5.41, 5.74) is -0.0125. The lowest BCUT2D eigenvalue weighted by Gasteiger charge is -2.18. The second-order valence-electron chi connectivity index (χ2n) is 6.38. The second-order valence-corrected chi connectivity index (χ2v) is 6.38. The average molecular weight is 392 g/mol. The van der Waals surface area contributed by atoms with Crippen LogP contribution in [-0.4, -0.2) is 31.0 Å². The molecule has 8 heteroatoms. The molecule has 0 bridgehead atoms. The van der Waals surface area contributed by atoms with Gasteiger partial charge in [-0.15, -0.1) is 0 Å². The van der Waals surface area contributed by atoms with Crippen LogP contribution in [0, 0.1) is 0 Å². The summed E-state index contributed by atoms with van der Waals surface area (Å²) in [4.78, 5) is 26.1. The molecule has 28 heavy (non-hydrogen) atoms. The van der Waals surface area contributed by atoms with E-state index in [9.17, 15) is 22.8 Å². The van der Waals surface area contributed by atoms with Gasteiger partial charge in [0.1, 0.15) is 5.75 Å². The van der Waals surface area contributed by atoms with Crippen LogP contribution in [-0.2, 0) is 11.0 Å². The van der Waals surface area contributed by atoms with Crippen molar-refractivity contribution >= 4 is 17.5 Å². The van der Waals surface area contributed by atoms with Crippen molar-refractivity contribution < 1.29 is 27.5 Å². The quantitative estimate of drug-likeness (QED) is 0.845. The Balaban J connectivity index is 1.62. The highest BCUT2D eigenvalue weighted by atomic mass is 19.4. The van der Waals surface area contributed by atoms with Gasteiger partial charge in [-0.2, -0.15) is 13.2 Å². The molecule has 1 fully saturated rings. The highest BCUT2D eigenvalue weighted by molar-refractivity contribution is 5.99. The number of nitrogens with zero attached hydrogens (tertiary/aromatic N) is 1. The van der Waals surface area contributed by atoms with Gasteiger partial charge in [0.05, 0.1) is 18.2 Å². The van der Waals surface area contributed by atoms with Crippen LogP contribution in [0.25, 0.3) is 0 Å². The Morgan fingerprint density at radius 1 is 1.14 bits per heavy atom. The third-order valence-electron chi connectivity index (χ3n) is 4.39. The number of carbonyl (C=O) groups is 2. The molecule has 0 aromatic heterocycles. The largest absolute Gasteiger partial charge is 0.494 e. The van der Waals surface area contributed by atoms with Crippen LogP contribution in [0.1, 0.15) is 29.3 Å². The smallest absolute Gasteiger partial charge is 0.416 e. The van der Waals surface area contributed by atoms with Crippen LogP contribution in [0.3, 0.4) is 0 Å². The van der Waals surface area contributed by atoms with Gasteiger partial charge in [-0.05, 0) is 55.5 Å². The van der Waals surface area contributed by atoms with E-state index in [1.165, 1.54) is 0 Å². The van der Waals surface area contributed by atoms with Crippen molar-refractivity contribution in [3.8, 4) is 5.75 Å². The molecule has 0 radical (unpaired) electrons. The summed E-state index contributed by atoms with van der Waals surface area (Å²) in [6.45, 7) is 2.71. The number of benzene rings is 2. The van der Waals surface area contributed by atoms with E-state index in [4.69, 9.17) is 4.74 Å². The molecule has 1 heterocycles. The van der Waals surface area contributed by atoms with Gasteiger partial charge in [0, 0.05) is 24.2 Å². The number of alkyl halides is 3. The van der Waals surface area contributed by atoms with Crippen molar-refractivity contribution in [1.29, 1.82) is 0 Å². The summed E-state index contributed by atoms with van der Waals surface area (Å²) in [7, 11) is 0. The molecule has 1 N–H and O–H groups in total. The zero-order valence-corrected chi connectivity index (χ0v) is 15.1. The molecule has 1 saturated heterocycles. The maximum absolute atomic E-state index is 12.6. The van der Waals surface area contributed by atoms with Gasteiger partial charge >= 0.3 is 6.18 Å². The van der Waals surface area contributed by atoms with Crippen molar-refractivity contribution in [3.63, 3.8) is 0 Å². The van der Waals surface area contributed by atoms with E-state index in [1.807, 2.05) is 6.92 Å². The number of ether oxygens (including phenoxy) is 1. The topological polar surface area (TPSA) is 58.6 Å². The first-order chi connectivity index (χ1) is 13.3. The molecule has 148 valence electrons. The molecule has 0 saturated carbocycles. The van der Waals surface area contributed by atoms with Gasteiger partial charge in [0.25, 0.3) is 5.91 Å². The number of anilines is 1. The van der Waals surface area contributed by atoms with E-state index in [-0.39, 0.29) is 17.9 Å². The third-order valence-corrected chi connectivity index (χ3v) is 4.39. The zero-order chi connectivity index (χ0) is 20.3. The Kier molecular flexibility index (Phi) is 5.58. The summed E-state index contributed by atoms with van der Waals surface area (Å²) in [6, 6.07) is 10.6. The first kappa shape index (κ1) is 19.7. The lowest BCUT2D eigenvalue weighted by Crippen LogP contribution is -2.37. The number of amides is 2. The van der Waals surface area contributed by atoms with Crippen LogP contribution >= 0.6 is 0 Å².